The van der Waals surface area contributed by atoms with Crippen LogP contribution in [0.5, 0.6) is 5.75 Å². The fraction of sp³-hybridized carbons (Fsp3) is 0.0667. The van der Waals surface area contributed by atoms with Gasteiger partial charge in [0, 0.05) is 11.1 Å². The van der Waals surface area contributed by atoms with E-state index in [0.717, 1.165) is 11.1 Å². The van der Waals surface area contributed by atoms with E-state index in [1.807, 2.05) is 36.4 Å². The Morgan fingerprint density at radius 2 is 1.85 bits per heavy atom. The quantitative estimate of drug-likeness (QED) is 0.738. The van der Waals surface area contributed by atoms with E-state index in [1.54, 1.807) is 19.2 Å². The number of anilines is 1. The number of methoxy groups -OCH3 is 1. The summed E-state index contributed by atoms with van der Waals surface area (Å²) in [5, 5.41) is 3.98. The molecule has 3 aromatic rings. The Kier molecular flexibility index (Phi) is 3.09. The maximum absolute atomic E-state index is 5.88. The lowest BCUT2D eigenvalue weighted by Gasteiger charge is -2.04. The van der Waals surface area contributed by atoms with E-state index in [-0.39, 0.29) is 0 Å². The second kappa shape index (κ2) is 5.05. The number of rotatable bonds is 3. The Labute approximate surface area is 116 Å². The van der Waals surface area contributed by atoms with Gasteiger partial charge in [0.05, 0.1) is 12.8 Å². The molecule has 1 aromatic heterocycles. The van der Waals surface area contributed by atoms with Gasteiger partial charge in [-0.1, -0.05) is 23.4 Å². The van der Waals surface area contributed by atoms with Gasteiger partial charge in [-0.15, -0.1) is 0 Å². The van der Waals surface area contributed by atoms with Gasteiger partial charge >= 0.3 is 0 Å². The molecule has 0 unspecified atom stereocenters. The summed E-state index contributed by atoms with van der Waals surface area (Å²) < 4.78 is 10.4. The van der Waals surface area contributed by atoms with Gasteiger partial charge in [-0.3, -0.25) is 0 Å². The van der Waals surface area contributed by atoms with Gasteiger partial charge in [-0.25, -0.2) is 0 Å². The highest BCUT2D eigenvalue weighted by atomic mass is 16.5. The van der Waals surface area contributed by atoms with E-state index in [4.69, 9.17) is 15.0 Å². The number of hydrogen-bond donors (Lipinski definition) is 1. The van der Waals surface area contributed by atoms with Crippen molar-refractivity contribution in [2.24, 2.45) is 0 Å². The average molecular weight is 267 g/mol. The van der Waals surface area contributed by atoms with Crippen molar-refractivity contribution >= 4 is 5.69 Å². The number of nitrogens with zero attached hydrogens (tertiary/aromatic N) is 2. The number of hydrogen-bond acceptors (Lipinski definition) is 5. The largest absolute Gasteiger partial charge is 0.495 e. The van der Waals surface area contributed by atoms with Crippen LogP contribution in [0.2, 0.25) is 0 Å². The molecule has 5 heteroatoms. The SMILES string of the molecule is COc1ccc(-c2noc(-c3ccccc3)n2)cc1N. The van der Waals surface area contributed by atoms with E-state index in [9.17, 15) is 0 Å². The number of ether oxygens (including phenoxy) is 1. The van der Waals surface area contributed by atoms with Crippen LogP contribution in [-0.2, 0) is 0 Å². The number of nitrogen functional groups attached to an aromatic ring is 1. The molecule has 0 fully saturated rings. The molecule has 0 spiro atoms. The van der Waals surface area contributed by atoms with E-state index >= 15 is 0 Å². The van der Waals surface area contributed by atoms with Gasteiger partial charge in [0.15, 0.2) is 0 Å². The Hall–Kier alpha value is -2.82. The number of nitrogens with two attached hydrogens (primary N) is 1. The van der Waals surface area contributed by atoms with Gasteiger partial charge in [0.2, 0.25) is 5.82 Å². The molecule has 0 amide bonds. The molecular weight excluding hydrogens is 254 g/mol. The molecule has 2 N–H and O–H groups in total. The fourth-order valence-electron chi connectivity index (χ4n) is 1.91. The summed E-state index contributed by atoms with van der Waals surface area (Å²) in [6.07, 6.45) is 0. The van der Waals surface area contributed by atoms with E-state index in [0.29, 0.717) is 23.2 Å². The molecule has 0 bridgehead atoms. The molecule has 5 nitrogen and oxygen atoms in total. The highest BCUT2D eigenvalue weighted by Gasteiger charge is 2.11. The second-order valence-electron chi connectivity index (χ2n) is 4.25. The van der Waals surface area contributed by atoms with Gasteiger partial charge in [0.1, 0.15) is 5.75 Å². The van der Waals surface area contributed by atoms with Crippen molar-refractivity contribution in [1.82, 2.24) is 10.1 Å². The lowest BCUT2D eigenvalue weighted by Crippen LogP contribution is -1.93. The van der Waals surface area contributed by atoms with Gasteiger partial charge in [0.25, 0.3) is 5.89 Å². The highest BCUT2D eigenvalue weighted by Crippen LogP contribution is 2.28. The number of benzene rings is 2. The van der Waals surface area contributed by atoms with E-state index in [2.05, 4.69) is 10.1 Å². The van der Waals surface area contributed by atoms with Crippen molar-refractivity contribution in [3.05, 3.63) is 48.5 Å². The Morgan fingerprint density at radius 3 is 2.55 bits per heavy atom. The standard InChI is InChI=1S/C15H13N3O2/c1-19-13-8-7-11(9-12(13)16)14-17-15(20-18-14)10-5-3-2-4-6-10/h2-9H,16H2,1H3. The zero-order valence-electron chi connectivity index (χ0n) is 10.9. The molecule has 0 saturated heterocycles. The van der Waals surface area contributed by atoms with Crippen LogP contribution < -0.4 is 10.5 Å². The molecule has 0 aliphatic heterocycles. The lowest BCUT2D eigenvalue weighted by atomic mass is 10.2. The molecule has 100 valence electrons. The zero-order valence-corrected chi connectivity index (χ0v) is 10.9. The summed E-state index contributed by atoms with van der Waals surface area (Å²) >= 11 is 0. The van der Waals surface area contributed by atoms with Gasteiger partial charge < -0.3 is 15.0 Å². The summed E-state index contributed by atoms with van der Waals surface area (Å²) in [6, 6.07) is 15.0. The molecule has 0 aliphatic rings. The third-order valence-electron chi connectivity index (χ3n) is 2.93. The molecule has 0 saturated carbocycles. The molecule has 20 heavy (non-hydrogen) atoms. The maximum Gasteiger partial charge on any atom is 0.258 e. The monoisotopic (exact) mass is 267 g/mol. The van der Waals surface area contributed by atoms with Crippen molar-refractivity contribution in [1.29, 1.82) is 0 Å². The molecule has 3 rings (SSSR count). The first-order valence-electron chi connectivity index (χ1n) is 6.11. The minimum absolute atomic E-state index is 0.481. The van der Waals surface area contributed by atoms with Crippen LogP contribution in [0.25, 0.3) is 22.8 Å². The topological polar surface area (TPSA) is 74.2 Å². The van der Waals surface area contributed by atoms with E-state index in [1.165, 1.54) is 0 Å². The maximum atomic E-state index is 5.88. The fourth-order valence-corrected chi connectivity index (χ4v) is 1.91. The van der Waals surface area contributed by atoms with Crippen molar-refractivity contribution < 1.29 is 9.26 Å². The summed E-state index contributed by atoms with van der Waals surface area (Å²) in [5.41, 5.74) is 8.08. The summed E-state index contributed by atoms with van der Waals surface area (Å²) in [7, 11) is 1.58. The van der Waals surface area contributed by atoms with Crippen molar-refractivity contribution in [3.8, 4) is 28.6 Å². The Balaban J connectivity index is 1.96. The first kappa shape index (κ1) is 12.2. The average Bonchev–Trinajstić information content (AvgIpc) is 2.98. The molecule has 0 aliphatic carbocycles. The van der Waals surface area contributed by atoms with Crippen molar-refractivity contribution in [3.63, 3.8) is 0 Å². The summed E-state index contributed by atoms with van der Waals surface area (Å²) in [5.74, 6) is 1.61. The predicted octanol–water partition coefficient (Wildman–Crippen LogP) is 2.99. The normalized spacial score (nSPS) is 10.4. The first-order chi connectivity index (χ1) is 9.78. The smallest absolute Gasteiger partial charge is 0.258 e. The van der Waals surface area contributed by atoms with Crippen LogP contribution in [0, 0.1) is 0 Å². The highest BCUT2D eigenvalue weighted by molar-refractivity contribution is 5.67. The van der Waals surface area contributed by atoms with Gasteiger partial charge in [-0.2, -0.15) is 4.98 Å². The minimum Gasteiger partial charge on any atom is -0.495 e. The van der Waals surface area contributed by atoms with Crippen LogP contribution in [0.1, 0.15) is 0 Å². The molecule has 0 atom stereocenters. The third kappa shape index (κ3) is 2.21. The number of aromatic nitrogens is 2. The zero-order chi connectivity index (χ0) is 13.9. The van der Waals surface area contributed by atoms with Gasteiger partial charge in [-0.05, 0) is 30.3 Å². The molecule has 1 heterocycles. The van der Waals surface area contributed by atoms with Crippen LogP contribution in [-0.4, -0.2) is 17.3 Å². The van der Waals surface area contributed by atoms with Crippen LogP contribution >= 0.6 is 0 Å². The summed E-state index contributed by atoms with van der Waals surface area (Å²) in [4.78, 5) is 4.37. The minimum atomic E-state index is 0.481. The predicted molar refractivity (Wildman–Crippen MR) is 76.1 cm³/mol. The van der Waals surface area contributed by atoms with E-state index < -0.39 is 0 Å². The van der Waals surface area contributed by atoms with Crippen LogP contribution in [0.15, 0.2) is 53.1 Å². The Morgan fingerprint density at radius 1 is 1.05 bits per heavy atom. The third-order valence-corrected chi connectivity index (χ3v) is 2.93. The van der Waals surface area contributed by atoms with Crippen LogP contribution in [0.3, 0.4) is 0 Å². The first-order valence-corrected chi connectivity index (χ1v) is 6.11. The second-order valence-corrected chi connectivity index (χ2v) is 4.25. The summed E-state index contributed by atoms with van der Waals surface area (Å²) in [6.45, 7) is 0. The van der Waals surface area contributed by atoms with Crippen molar-refractivity contribution in [2.75, 3.05) is 12.8 Å². The molecule has 0 radical (unpaired) electrons. The lowest BCUT2D eigenvalue weighted by molar-refractivity contribution is 0.417. The van der Waals surface area contributed by atoms with Crippen LogP contribution in [0.4, 0.5) is 5.69 Å². The molecule has 2 aromatic carbocycles. The van der Waals surface area contributed by atoms with Crippen molar-refractivity contribution in [2.45, 2.75) is 0 Å². The molecular formula is C15H13N3O2. The Bertz CT molecular complexity index is 723.